The topological polar surface area (TPSA) is 46.3 Å². The number of nitrogens with zero attached hydrogens (tertiary/aromatic N) is 1. The monoisotopic (exact) mass is 258 g/mol. The summed E-state index contributed by atoms with van der Waals surface area (Å²) in [5, 5.41) is 2.02. The first kappa shape index (κ1) is 11.4. The fraction of sp³-hybridized carbons (Fsp3) is 0.214. The smallest absolute Gasteiger partial charge is 0.242 e. The highest BCUT2D eigenvalue weighted by Crippen LogP contribution is 2.37. The second-order valence-corrected chi connectivity index (χ2v) is 5.42. The zero-order valence-electron chi connectivity index (χ0n) is 9.82. The maximum atomic E-state index is 11.9. The molecule has 0 bridgehead atoms. The standard InChI is InChI=1S/C14H14N2OS/c15-12-13(11-7-4-8-18-11)16(14(12)17)9-10-5-2-1-3-6-10/h1-8,12-13H,9,15H2/t12-,13+/m1/s1. The van der Waals surface area contributed by atoms with Crippen molar-refractivity contribution in [2.75, 3.05) is 0 Å². The Morgan fingerprint density at radius 1 is 1.17 bits per heavy atom. The van der Waals surface area contributed by atoms with Crippen LogP contribution >= 0.6 is 11.3 Å². The van der Waals surface area contributed by atoms with Gasteiger partial charge in [0.15, 0.2) is 0 Å². The average molecular weight is 258 g/mol. The van der Waals surface area contributed by atoms with E-state index in [-0.39, 0.29) is 18.0 Å². The Morgan fingerprint density at radius 2 is 1.94 bits per heavy atom. The number of β-lactam (4-membered cyclic amide) rings is 1. The fourth-order valence-electron chi connectivity index (χ4n) is 2.32. The molecule has 0 saturated carbocycles. The number of hydrogen-bond donors (Lipinski definition) is 1. The molecule has 2 N–H and O–H groups in total. The number of benzene rings is 1. The van der Waals surface area contributed by atoms with Crippen molar-refractivity contribution in [2.24, 2.45) is 5.73 Å². The van der Waals surface area contributed by atoms with Gasteiger partial charge in [-0.2, -0.15) is 0 Å². The van der Waals surface area contributed by atoms with E-state index in [2.05, 4.69) is 0 Å². The quantitative estimate of drug-likeness (QED) is 0.858. The Morgan fingerprint density at radius 3 is 2.61 bits per heavy atom. The van der Waals surface area contributed by atoms with Gasteiger partial charge in [-0.05, 0) is 17.0 Å². The lowest BCUT2D eigenvalue weighted by Gasteiger charge is -2.45. The van der Waals surface area contributed by atoms with Gasteiger partial charge in [-0.1, -0.05) is 36.4 Å². The summed E-state index contributed by atoms with van der Waals surface area (Å²) in [4.78, 5) is 14.9. The molecule has 1 aromatic carbocycles. The molecule has 1 aromatic heterocycles. The highest BCUT2D eigenvalue weighted by Gasteiger charge is 2.45. The molecule has 2 atom stereocenters. The van der Waals surface area contributed by atoms with Gasteiger partial charge in [0.25, 0.3) is 0 Å². The third-order valence-corrected chi connectivity index (χ3v) is 4.22. The van der Waals surface area contributed by atoms with Gasteiger partial charge in [-0.3, -0.25) is 4.79 Å². The Kier molecular flexibility index (Phi) is 2.89. The zero-order chi connectivity index (χ0) is 12.5. The normalized spacial score (nSPS) is 22.9. The van der Waals surface area contributed by atoms with Crippen molar-refractivity contribution >= 4 is 17.2 Å². The van der Waals surface area contributed by atoms with Crippen molar-refractivity contribution in [3.8, 4) is 0 Å². The molecular formula is C14H14N2OS. The van der Waals surface area contributed by atoms with Gasteiger partial charge in [0.1, 0.15) is 6.04 Å². The molecule has 1 amide bonds. The number of rotatable bonds is 3. The van der Waals surface area contributed by atoms with Crippen LogP contribution in [0.15, 0.2) is 47.8 Å². The molecule has 2 aromatic rings. The summed E-state index contributed by atoms with van der Waals surface area (Å²) in [7, 11) is 0. The van der Waals surface area contributed by atoms with Crippen LogP contribution in [0.1, 0.15) is 16.5 Å². The first-order chi connectivity index (χ1) is 8.77. The van der Waals surface area contributed by atoms with Gasteiger partial charge in [0.2, 0.25) is 5.91 Å². The minimum absolute atomic E-state index is 0.0391. The summed E-state index contributed by atoms with van der Waals surface area (Å²) in [6, 6.07) is 13.7. The second-order valence-electron chi connectivity index (χ2n) is 4.44. The highest BCUT2D eigenvalue weighted by molar-refractivity contribution is 7.10. The molecule has 3 rings (SSSR count). The fourth-order valence-corrected chi connectivity index (χ4v) is 3.21. The first-order valence-corrected chi connectivity index (χ1v) is 6.79. The predicted octanol–water partition coefficient (Wildman–Crippen LogP) is 2.16. The van der Waals surface area contributed by atoms with Crippen molar-refractivity contribution < 1.29 is 4.79 Å². The lowest BCUT2D eigenvalue weighted by molar-refractivity contribution is -0.150. The van der Waals surface area contributed by atoms with Gasteiger partial charge in [-0.15, -0.1) is 11.3 Å². The molecule has 92 valence electrons. The number of carbonyl (C=O) groups excluding carboxylic acids is 1. The summed E-state index contributed by atoms with van der Waals surface area (Å²) in [5.74, 6) is 0.0391. The number of nitrogens with two attached hydrogens (primary N) is 1. The van der Waals surface area contributed by atoms with Gasteiger partial charge in [0.05, 0.1) is 6.04 Å². The maximum absolute atomic E-state index is 11.9. The van der Waals surface area contributed by atoms with Crippen LogP contribution in [0, 0.1) is 0 Å². The molecular weight excluding hydrogens is 244 g/mol. The molecule has 0 radical (unpaired) electrons. The number of amides is 1. The van der Waals surface area contributed by atoms with E-state index in [1.165, 1.54) is 0 Å². The summed E-state index contributed by atoms with van der Waals surface area (Å²) in [6.07, 6.45) is 0. The van der Waals surface area contributed by atoms with E-state index in [1.54, 1.807) is 11.3 Å². The van der Waals surface area contributed by atoms with Crippen LogP contribution in [-0.2, 0) is 11.3 Å². The lowest BCUT2D eigenvalue weighted by atomic mass is 9.93. The zero-order valence-corrected chi connectivity index (χ0v) is 10.6. The van der Waals surface area contributed by atoms with E-state index in [9.17, 15) is 4.79 Å². The molecule has 0 unspecified atom stereocenters. The molecule has 18 heavy (non-hydrogen) atoms. The van der Waals surface area contributed by atoms with Crippen LogP contribution in [0.4, 0.5) is 0 Å². The predicted molar refractivity (Wildman–Crippen MR) is 72.0 cm³/mol. The summed E-state index contributed by atoms with van der Waals surface area (Å²) >= 11 is 1.65. The summed E-state index contributed by atoms with van der Waals surface area (Å²) in [6.45, 7) is 0.635. The second kappa shape index (κ2) is 4.55. The molecule has 1 aliphatic heterocycles. The SMILES string of the molecule is N[C@H]1C(=O)N(Cc2ccccc2)[C@H]1c1cccs1. The number of thiophene rings is 1. The van der Waals surface area contributed by atoms with Gasteiger partial charge in [0, 0.05) is 11.4 Å². The van der Waals surface area contributed by atoms with Gasteiger partial charge in [-0.25, -0.2) is 0 Å². The van der Waals surface area contributed by atoms with Crippen LogP contribution < -0.4 is 5.73 Å². The molecule has 4 heteroatoms. The summed E-state index contributed by atoms with van der Waals surface area (Å²) < 4.78 is 0. The number of carbonyl (C=O) groups is 1. The van der Waals surface area contributed by atoms with Crippen molar-refractivity contribution in [1.82, 2.24) is 4.90 Å². The van der Waals surface area contributed by atoms with Crippen molar-refractivity contribution in [1.29, 1.82) is 0 Å². The Bertz CT molecular complexity index is 538. The Balaban J connectivity index is 1.81. The van der Waals surface area contributed by atoms with Crippen molar-refractivity contribution in [2.45, 2.75) is 18.6 Å². The average Bonchev–Trinajstić information content (AvgIpc) is 2.92. The van der Waals surface area contributed by atoms with Crippen LogP contribution in [0.2, 0.25) is 0 Å². The molecule has 0 spiro atoms. The van der Waals surface area contributed by atoms with E-state index in [4.69, 9.17) is 5.73 Å². The molecule has 0 aliphatic carbocycles. The Hall–Kier alpha value is -1.65. The number of hydrogen-bond acceptors (Lipinski definition) is 3. The molecule has 3 nitrogen and oxygen atoms in total. The maximum Gasteiger partial charge on any atom is 0.242 e. The molecule has 2 heterocycles. The van der Waals surface area contributed by atoms with E-state index in [0.29, 0.717) is 6.54 Å². The summed E-state index contributed by atoms with van der Waals surface area (Å²) in [5.41, 5.74) is 7.06. The van der Waals surface area contributed by atoms with Crippen molar-refractivity contribution in [3.05, 3.63) is 58.3 Å². The van der Waals surface area contributed by atoms with Gasteiger partial charge >= 0.3 is 0 Å². The molecule has 1 saturated heterocycles. The molecule has 1 aliphatic rings. The van der Waals surface area contributed by atoms with Crippen molar-refractivity contribution in [3.63, 3.8) is 0 Å². The lowest BCUT2D eigenvalue weighted by Crippen LogP contribution is -2.62. The van der Waals surface area contributed by atoms with Crippen LogP contribution in [0.25, 0.3) is 0 Å². The minimum Gasteiger partial charge on any atom is -0.327 e. The van der Waals surface area contributed by atoms with Crippen LogP contribution in [-0.4, -0.2) is 16.8 Å². The van der Waals surface area contributed by atoms with E-state index >= 15 is 0 Å². The molecule has 1 fully saturated rings. The van der Waals surface area contributed by atoms with Gasteiger partial charge < -0.3 is 10.6 Å². The third kappa shape index (κ3) is 1.83. The van der Waals surface area contributed by atoms with E-state index in [1.807, 2.05) is 52.7 Å². The van der Waals surface area contributed by atoms with Crippen LogP contribution in [0.5, 0.6) is 0 Å². The minimum atomic E-state index is -0.382. The number of likely N-dealkylation sites (tertiary alicyclic amines) is 1. The highest BCUT2D eigenvalue weighted by atomic mass is 32.1. The largest absolute Gasteiger partial charge is 0.327 e. The Labute approximate surface area is 110 Å². The third-order valence-electron chi connectivity index (χ3n) is 3.27. The van der Waals surface area contributed by atoms with Crippen LogP contribution in [0.3, 0.4) is 0 Å². The first-order valence-electron chi connectivity index (χ1n) is 5.91. The van der Waals surface area contributed by atoms with E-state index in [0.717, 1.165) is 10.4 Å². The van der Waals surface area contributed by atoms with E-state index < -0.39 is 0 Å².